The normalized spacial score (nSPS) is 15.7. The molecule has 1 amide bonds. The number of hydrogen-bond donors (Lipinski definition) is 0. The lowest BCUT2D eigenvalue weighted by Crippen LogP contribution is -2.37. The van der Waals surface area contributed by atoms with Gasteiger partial charge < -0.3 is 9.64 Å². The second kappa shape index (κ2) is 6.29. The number of hydrogen-bond acceptors (Lipinski definition) is 3. The second-order valence-corrected chi connectivity index (χ2v) is 7.72. The van der Waals surface area contributed by atoms with E-state index in [4.69, 9.17) is 4.74 Å². The highest BCUT2D eigenvalue weighted by Crippen LogP contribution is 2.45. The number of fused-ring (bicyclic) bond motifs is 2. The number of ether oxygens (including phenoxy) is 1. The molecule has 0 atom stereocenters. The molecule has 26 heavy (non-hydrogen) atoms. The third-order valence-electron chi connectivity index (χ3n) is 5.13. The van der Waals surface area contributed by atoms with Crippen LogP contribution >= 0.6 is 11.3 Å². The molecular weight excluding hydrogens is 342 g/mol. The van der Waals surface area contributed by atoms with Crippen LogP contribution in [-0.2, 0) is 11.3 Å². The number of benzene rings is 2. The quantitative estimate of drug-likeness (QED) is 0.641. The van der Waals surface area contributed by atoms with Crippen LogP contribution < -0.4 is 4.74 Å². The van der Waals surface area contributed by atoms with Crippen molar-refractivity contribution in [1.29, 1.82) is 0 Å². The van der Waals surface area contributed by atoms with E-state index in [1.807, 2.05) is 48.5 Å². The highest BCUT2D eigenvalue weighted by atomic mass is 32.1. The van der Waals surface area contributed by atoms with Crippen molar-refractivity contribution in [1.82, 2.24) is 4.90 Å². The van der Waals surface area contributed by atoms with Crippen molar-refractivity contribution in [3.63, 3.8) is 0 Å². The number of thiophene rings is 1. The lowest BCUT2D eigenvalue weighted by atomic mass is 9.86. The summed E-state index contributed by atoms with van der Waals surface area (Å²) in [5.41, 5.74) is 3.14. The van der Waals surface area contributed by atoms with E-state index in [-0.39, 0.29) is 11.8 Å². The van der Waals surface area contributed by atoms with Crippen LogP contribution in [0.2, 0.25) is 0 Å². The van der Waals surface area contributed by atoms with Gasteiger partial charge in [-0.05, 0) is 47.4 Å². The summed E-state index contributed by atoms with van der Waals surface area (Å²) >= 11 is 1.68. The van der Waals surface area contributed by atoms with Crippen molar-refractivity contribution in [2.24, 2.45) is 0 Å². The average molecular weight is 361 g/mol. The first-order chi connectivity index (χ1) is 12.8. The maximum absolute atomic E-state index is 13.7. The number of para-hydroxylation sites is 2. The van der Waals surface area contributed by atoms with Crippen LogP contribution in [0.3, 0.4) is 0 Å². The molecule has 1 aromatic heterocycles. The van der Waals surface area contributed by atoms with Crippen LogP contribution in [0, 0.1) is 0 Å². The molecule has 2 aliphatic rings. The maximum Gasteiger partial charge on any atom is 0.235 e. The van der Waals surface area contributed by atoms with Gasteiger partial charge in [-0.25, -0.2) is 0 Å². The molecule has 0 radical (unpaired) electrons. The molecule has 0 saturated heterocycles. The molecule has 4 heteroatoms. The maximum atomic E-state index is 13.7. The summed E-state index contributed by atoms with van der Waals surface area (Å²) in [4.78, 5) is 15.8. The summed E-state index contributed by atoms with van der Waals surface area (Å²) in [5.74, 6) is 1.46. The van der Waals surface area contributed by atoms with Gasteiger partial charge in [0.1, 0.15) is 11.5 Å². The highest BCUT2D eigenvalue weighted by Gasteiger charge is 2.40. The first-order valence-corrected chi connectivity index (χ1v) is 9.93. The Morgan fingerprint density at radius 3 is 2.23 bits per heavy atom. The predicted octanol–water partition coefficient (Wildman–Crippen LogP) is 5.18. The van der Waals surface area contributed by atoms with Crippen molar-refractivity contribution >= 4 is 17.2 Å². The molecule has 2 heterocycles. The zero-order valence-electron chi connectivity index (χ0n) is 14.3. The van der Waals surface area contributed by atoms with E-state index >= 15 is 0 Å². The molecule has 2 aromatic carbocycles. The van der Waals surface area contributed by atoms with E-state index in [0.717, 1.165) is 35.5 Å². The van der Waals surface area contributed by atoms with Crippen LogP contribution in [0.5, 0.6) is 11.5 Å². The number of amides is 1. The zero-order valence-corrected chi connectivity index (χ0v) is 15.1. The lowest BCUT2D eigenvalue weighted by molar-refractivity contribution is -0.133. The number of rotatable bonds is 4. The van der Waals surface area contributed by atoms with E-state index in [1.165, 1.54) is 5.56 Å². The van der Waals surface area contributed by atoms with Gasteiger partial charge >= 0.3 is 0 Å². The van der Waals surface area contributed by atoms with E-state index in [2.05, 4.69) is 21.7 Å². The lowest BCUT2D eigenvalue weighted by Gasteiger charge is -2.32. The highest BCUT2D eigenvalue weighted by molar-refractivity contribution is 7.07. The van der Waals surface area contributed by atoms with Gasteiger partial charge in [-0.2, -0.15) is 11.3 Å². The molecular formula is C22H19NO2S. The standard InChI is InChI=1S/C22H19NO2S/c24-22(23(16-9-10-16)13-15-11-12-26-14-15)21-17-5-1-3-7-19(17)25-20-8-4-2-6-18(20)21/h1-8,11-12,14,16,21H,9-10,13H2. The molecule has 0 bridgehead atoms. The summed E-state index contributed by atoms with van der Waals surface area (Å²) in [6.45, 7) is 0.689. The Morgan fingerprint density at radius 1 is 1.00 bits per heavy atom. The SMILES string of the molecule is O=C(C1c2ccccc2Oc2ccccc21)N(Cc1ccsc1)C1CC1. The van der Waals surface area contributed by atoms with Gasteiger partial charge in [-0.15, -0.1) is 0 Å². The first kappa shape index (κ1) is 15.6. The fraction of sp³-hybridized carbons (Fsp3) is 0.227. The fourth-order valence-electron chi connectivity index (χ4n) is 3.69. The Balaban J connectivity index is 1.56. The van der Waals surface area contributed by atoms with Gasteiger partial charge in [0.05, 0.1) is 5.92 Å². The van der Waals surface area contributed by atoms with Crippen molar-refractivity contribution in [2.45, 2.75) is 31.3 Å². The van der Waals surface area contributed by atoms with E-state index < -0.39 is 0 Å². The van der Waals surface area contributed by atoms with Gasteiger partial charge in [-0.3, -0.25) is 4.79 Å². The average Bonchev–Trinajstić information content (AvgIpc) is 3.39. The molecule has 0 unspecified atom stereocenters. The van der Waals surface area contributed by atoms with Crippen LogP contribution in [0.15, 0.2) is 65.4 Å². The molecule has 5 rings (SSSR count). The minimum absolute atomic E-state index is 0.182. The van der Waals surface area contributed by atoms with Crippen LogP contribution in [-0.4, -0.2) is 16.8 Å². The Hall–Kier alpha value is -2.59. The Labute approximate surface area is 156 Å². The smallest absolute Gasteiger partial charge is 0.235 e. The monoisotopic (exact) mass is 361 g/mol. The second-order valence-electron chi connectivity index (χ2n) is 6.94. The molecule has 3 nitrogen and oxygen atoms in total. The minimum Gasteiger partial charge on any atom is -0.457 e. The van der Waals surface area contributed by atoms with Crippen LogP contribution in [0.1, 0.15) is 35.4 Å². The zero-order chi connectivity index (χ0) is 17.5. The molecule has 1 fully saturated rings. The molecule has 0 N–H and O–H groups in total. The minimum atomic E-state index is -0.296. The third-order valence-corrected chi connectivity index (χ3v) is 5.86. The van der Waals surface area contributed by atoms with E-state index in [0.29, 0.717) is 12.6 Å². The summed E-state index contributed by atoms with van der Waals surface area (Å²) < 4.78 is 6.05. The molecule has 1 saturated carbocycles. The van der Waals surface area contributed by atoms with Crippen molar-refractivity contribution in [3.05, 3.63) is 82.0 Å². The first-order valence-electron chi connectivity index (χ1n) is 8.98. The summed E-state index contributed by atoms with van der Waals surface area (Å²) in [7, 11) is 0. The Morgan fingerprint density at radius 2 is 1.65 bits per heavy atom. The van der Waals surface area contributed by atoms with Crippen LogP contribution in [0.4, 0.5) is 0 Å². The Kier molecular flexibility index (Phi) is 3.79. The van der Waals surface area contributed by atoms with Gasteiger partial charge in [-0.1, -0.05) is 36.4 Å². The predicted molar refractivity (Wildman–Crippen MR) is 103 cm³/mol. The van der Waals surface area contributed by atoms with Crippen molar-refractivity contribution in [2.75, 3.05) is 0 Å². The van der Waals surface area contributed by atoms with Gasteiger partial charge in [0.25, 0.3) is 0 Å². The van der Waals surface area contributed by atoms with Crippen molar-refractivity contribution in [3.8, 4) is 11.5 Å². The largest absolute Gasteiger partial charge is 0.457 e. The van der Waals surface area contributed by atoms with Gasteiger partial charge in [0, 0.05) is 23.7 Å². The Bertz CT molecular complexity index is 901. The molecule has 3 aromatic rings. The number of carbonyl (C=O) groups is 1. The fourth-order valence-corrected chi connectivity index (χ4v) is 4.35. The van der Waals surface area contributed by atoms with E-state index in [1.54, 1.807) is 11.3 Å². The van der Waals surface area contributed by atoms with Crippen LogP contribution in [0.25, 0.3) is 0 Å². The summed E-state index contributed by atoms with van der Waals surface area (Å²) in [6.07, 6.45) is 2.20. The topological polar surface area (TPSA) is 29.5 Å². The molecule has 1 aliphatic heterocycles. The molecule has 0 spiro atoms. The van der Waals surface area contributed by atoms with Crippen molar-refractivity contribution < 1.29 is 9.53 Å². The number of carbonyl (C=O) groups excluding carboxylic acids is 1. The summed E-state index contributed by atoms with van der Waals surface area (Å²) in [6, 6.07) is 18.3. The van der Waals surface area contributed by atoms with Gasteiger partial charge in [0.15, 0.2) is 0 Å². The molecule has 1 aliphatic carbocycles. The third kappa shape index (κ3) is 2.71. The number of nitrogens with zero attached hydrogens (tertiary/aromatic N) is 1. The van der Waals surface area contributed by atoms with E-state index in [9.17, 15) is 4.79 Å². The van der Waals surface area contributed by atoms with Gasteiger partial charge in [0.2, 0.25) is 5.91 Å². The summed E-state index contributed by atoms with van der Waals surface area (Å²) in [5, 5.41) is 4.21. The molecule has 130 valence electrons.